The summed E-state index contributed by atoms with van der Waals surface area (Å²) >= 11 is 0. The fourth-order valence-electron chi connectivity index (χ4n) is 1.11. The Hall–Kier alpha value is -2.44. The molecule has 0 bridgehead atoms. The Bertz CT molecular complexity index is 459. The molecule has 17 heavy (non-hydrogen) atoms. The van der Waals surface area contributed by atoms with Gasteiger partial charge in [0.25, 0.3) is 11.6 Å². The lowest BCUT2D eigenvalue weighted by atomic mass is 10.2. The first-order chi connectivity index (χ1) is 8.06. The smallest absolute Gasteiger partial charge is 0.273 e. The maximum Gasteiger partial charge on any atom is 0.282 e. The quantitative estimate of drug-likeness (QED) is 0.598. The summed E-state index contributed by atoms with van der Waals surface area (Å²) in [6, 6.07) is 5.49. The molecule has 0 saturated heterocycles. The van der Waals surface area contributed by atoms with Crippen LogP contribution in [0.1, 0.15) is 23.7 Å². The molecule has 0 aliphatic rings. The van der Waals surface area contributed by atoms with Crippen LogP contribution in [0.25, 0.3) is 0 Å². The summed E-state index contributed by atoms with van der Waals surface area (Å²) in [7, 11) is 0. The zero-order chi connectivity index (χ0) is 12.8. The Morgan fingerprint density at radius 1 is 1.29 bits per heavy atom. The molecule has 0 spiro atoms. The van der Waals surface area contributed by atoms with E-state index in [1.165, 1.54) is 24.3 Å². The molecule has 0 unspecified atom stereocenters. The van der Waals surface area contributed by atoms with Crippen molar-refractivity contribution in [1.82, 2.24) is 10.9 Å². The van der Waals surface area contributed by atoms with E-state index in [-0.39, 0.29) is 23.6 Å². The van der Waals surface area contributed by atoms with E-state index in [1.54, 1.807) is 6.92 Å². The number of carbonyl (C=O) groups excluding carboxylic acids is 2. The van der Waals surface area contributed by atoms with Gasteiger partial charge in [0.05, 0.1) is 4.92 Å². The van der Waals surface area contributed by atoms with E-state index in [9.17, 15) is 19.7 Å². The summed E-state index contributed by atoms with van der Waals surface area (Å²) in [6.07, 6.45) is 0.206. The first-order valence-electron chi connectivity index (χ1n) is 4.89. The van der Waals surface area contributed by atoms with Crippen molar-refractivity contribution in [1.29, 1.82) is 0 Å². The van der Waals surface area contributed by atoms with Gasteiger partial charge in [0.15, 0.2) is 0 Å². The van der Waals surface area contributed by atoms with Crippen molar-refractivity contribution in [3.8, 4) is 0 Å². The number of rotatable bonds is 3. The van der Waals surface area contributed by atoms with Crippen molar-refractivity contribution in [2.75, 3.05) is 0 Å². The third-order valence-electron chi connectivity index (χ3n) is 1.98. The summed E-state index contributed by atoms with van der Waals surface area (Å²) in [4.78, 5) is 32.5. The van der Waals surface area contributed by atoms with Gasteiger partial charge in [-0.15, -0.1) is 0 Å². The summed E-state index contributed by atoms with van der Waals surface area (Å²) in [5.74, 6) is -1.10. The van der Waals surface area contributed by atoms with Crippen LogP contribution in [-0.4, -0.2) is 16.7 Å². The Labute approximate surface area is 96.9 Å². The van der Waals surface area contributed by atoms with E-state index in [0.29, 0.717) is 0 Å². The SMILES string of the molecule is CCC(=O)NNC(=O)c1ccccc1[N+](=O)[O-]. The second-order valence-electron chi connectivity index (χ2n) is 3.13. The minimum atomic E-state index is -0.723. The van der Waals surface area contributed by atoms with Crippen molar-refractivity contribution in [2.24, 2.45) is 0 Å². The molecule has 2 N–H and O–H groups in total. The second kappa shape index (κ2) is 5.59. The first-order valence-corrected chi connectivity index (χ1v) is 4.89. The van der Waals surface area contributed by atoms with Crippen LogP contribution in [0, 0.1) is 10.1 Å². The van der Waals surface area contributed by atoms with E-state index >= 15 is 0 Å². The predicted molar refractivity (Wildman–Crippen MR) is 59.0 cm³/mol. The Morgan fingerprint density at radius 2 is 1.94 bits per heavy atom. The second-order valence-corrected chi connectivity index (χ2v) is 3.13. The van der Waals surface area contributed by atoms with Crippen LogP contribution in [0.3, 0.4) is 0 Å². The van der Waals surface area contributed by atoms with Crippen molar-refractivity contribution in [3.05, 3.63) is 39.9 Å². The van der Waals surface area contributed by atoms with Gasteiger partial charge in [-0.3, -0.25) is 30.6 Å². The molecule has 0 heterocycles. The molecule has 0 atom stereocenters. The van der Waals surface area contributed by atoms with Crippen LogP contribution in [0.2, 0.25) is 0 Å². The van der Waals surface area contributed by atoms with E-state index in [1.807, 2.05) is 0 Å². The molecule has 0 radical (unpaired) electrons. The fraction of sp³-hybridized carbons (Fsp3) is 0.200. The van der Waals surface area contributed by atoms with Crippen molar-refractivity contribution in [3.63, 3.8) is 0 Å². The summed E-state index contributed by atoms with van der Waals surface area (Å²) in [5.41, 5.74) is 3.83. The lowest BCUT2D eigenvalue weighted by Gasteiger charge is -2.06. The number of para-hydroxylation sites is 1. The lowest BCUT2D eigenvalue weighted by molar-refractivity contribution is -0.385. The maximum absolute atomic E-state index is 11.6. The fourth-order valence-corrected chi connectivity index (χ4v) is 1.11. The highest BCUT2D eigenvalue weighted by Gasteiger charge is 2.18. The Balaban J connectivity index is 2.82. The molecule has 0 aliphatic carbocycles. The summed E-state index contributed by atoms with van der Waals surface area (Å²) in [6.45, 7) is 1.62. The van der Waals surface area contributed by atoms with Gasteiger partial charge in [0.1, 0.15) is 5.56 Å². The predicted octanol–water partition coefficient (Wildman–Crippen LogP) is 0.766. The average Bonchev–Trinajstić information content (AvgIpc) is 2.35. The molecule has 1 rings (SSSR count). The maximum atomic E-state index is 11.6. The number of amides is 2. The third-order valence-corrected chi connectivity index (χ3v) is 1.98. The van der Waals surface area contributed by atoms with Gasteiger partial charge in [-0.05, 0) is 6.07 Å². The van der Waals surface area contributed by atoms with Gasteiger partial charge >= 0.3 is 0 Å². The number of hydrogen-bond acceptors (Lipinski definition) is 4. The monoisotopic (exact) mass is 237 g/mol. The molecular formula is C10H11N3O4. The van der Waals surface area contributed by atoms with Crippen molar-refractivity contribution >= 4 is 17.5 Å². The first kappa shape index (κ1) is 12.6. The normalized spacial score (nSPS) is 9.47. The highest BCUT2D eigenvalue weighted by Crippen LogP contribution is 2.16. The van der Waals surface area contributed by atoms with Crippen molar-refractivity contribution < 1.29 is 14.5 Å². The highest BCUT2D eigenvalue weighted by atomic mass is 16.6. The summed E-state index contributed by atoms with van der Waals surface area (Å²) < 4.78 is 0. The molecular weight excluding hydrogens is 226 g/mol. The van der Waals surface area contributed by atoms with Crippen LogP contribution in [0.4, 0.5) is 5.69 Å². The summed E-state index contributed by atoms with van der Waals surface area (Å²) in [5, 5.41) is 10.7. The van der Waals surface area contributed by atoms with Crippen LogP contribution >= 0.6 is 0 Å². The van der Waals surface area contributed by atoms with Gasteiger partial charge in [-0.1, -0.05) is 19.1 Å². The van der Waals surface area contributed by atoms with Crippen LogP contribution in [0.15, 0.2) is 24.3 Å². The Morgan fingerprint density at radius 3 is 2.53 bits per heavy atom. The van der Waals surface area contributed by atoms with Crippen LogP contribution in [0.5, 0.6) is 0 Å². The van der Waals surface area contributed by atoms with Gasteiger partial charge in [0.2, 0.25) is 5.91 Å². The molecule has 2 amide bonds. The van der Waals surface area contributed by atoms with E-state index in [0.717, 1.165) is 0 Å². The highest BCUT2D eigenvalue weighted by molar-refractivity contribution is 5.98. The molecule has 0 saturated carbocycles. The van der Waals surface area contributed by atoms with Gasteiger partial charge in [-0.25, -0.2) is 0 Å². The third kappa shape index (κ3) is 3.26. The number of hydrogen-bond donors (Lipinski definition) is 2. The Kier molecular flexibility index (Phi) is 4.15. The molecule has 90 valence electrons. The van der Waals surface area contributed by atoms with Gasteiger partial charge < -0.3 is 0 Å². The van der Waals surface area contributed by atoms with Gasteiger partial charge in [-0.2, -0.15) is 0 Å². The van der Waals surface area contributed by atoms with Crippen molar-refractivity contribution in [2.45, 2.75) is 13.3 Å². The average molecular weight is 237 g/mol. The topological polar surface area (TPSA) is 101 Å². The standard InChI is InChI=1S/C10H11N3O4/c1-2-9(14)11-12-10(15)7-5-3-4-6-8(7)13(16)17/h3-6H,2H2,1H3,(H,11,14)(H,12,15). The molecule has 0 aliphatic heterocycles. The van der Waals surface area contributed by atoms with Gasteiger partial charge in [0, 0.05) is 12.5 Å². The number of nitrogens with zero attached hydrogens (tertiary/aromatic N) is 1. The largest absolute Gasteiger partial charge is 0.282 e. The molecule has 1 aromatic carbocycles. The zero-order valence-corrected chi connectivity index (χ0v) is 9.10. The minimum Gasteiger partial charge on any atom is -0.273 e. The number of nitrogens with one attached hydrogen (secondary N) is 2. The van der Waals surface area contributed by atoms with Crippen LogP contribution < -0.4 is 10.9 Å². The number of hydrazine groups is 1. The van der Waals surface area contributed by atoms with Crippen LogP contribution in [-0.2, 0) is 4.79 Å². The molecule has 1 aromatic rings. The van der Waals surface area contributed by atoms with E-state index in [4.69, 9.17) is 0 Å². The number of nitro benzene ring substituents is 1. The van der Waals surface area contributed by atoms with E-state index < -0.39 is 10.8 Å². The lowest BCUT2D eigenvalue weighted by Crippen LogP contribution is -2.41. The number of benzene rings is 1. The van der Waals surface area contributed by atoms with E-state index in [2.05, 4.69) is 10.9 Å². The minimum absolute atomic E-state index is 0.103. The number of carbonyl (C=O) groups is 2. The molecule has 7 heteroatoms. The zero-order valence-electron chi connectivity index (χ0n) is 9.10. The molecule has 0 aromatic heterocycles. The molecule has 7 nitrogen and oxygen atoms in total. The molecule has 0 fully saturated rings. The number of nitro groups is 1.